The summed E-state index contributed by atoms with van der Waals surface area (Å²) in [6.45, 7) is 0. The van der Waals surface area contributed by atoms with E-state index in [1.165, 1.54) is 24.3 Å². The molecule has 0 saturated carbocycles. The Kier molecular flexibility index (Phi) is 3.72. The van der Waals surface area contributed by atoms with Gasteiger partial charge in [0.1, 0.15) is 5.82 Å². The molecule has 2 N–H and O–H groups in total. The topological polar surface area (TPSA) is 74.6 Å². The third kappa shape index (κ3) is 2.78. The highest BCUT2D eigenvalue weighted by molar-refractivity contribution is 6.31. The highest BCUT2D eigenvalue weighted by Crippen LogP contribution is 2.26. The van der Waals surface area contributed by atoms with Crippen molar-refractivity contribution in [1.82, 2.24) is 0 Å². The third-order valence-corrected chi connectivity index (χ3v) is 2.90. The minimum Gasteiger partial charge on any atom is -0.478 e. The summed E-state index contributed by atoms with van der Waals surface area (Å²) in [5.41, 5.74) is 0.257. The Morgan fingerprint density at radius 2 is 1.65 bits per heavy atom. The fourth-order valence-corrected chi connectivity index (χ4v) is 1.98. The lowest BCUT2D eigenvalue weighted by molar-refractivity contribution is 0.0683. The molecule has 0 atom stereocenters. The maximum absolute atomic E-state index is 13.6. The zero-order valence-corrected chi connectivity index (χ0v) is 10.7. The highest BCUT2D eigenvalue weighted by Gasteiger charge is 2.13. The molecule has 2 aromatic rings. The van der Waals surface area contributed by atoms with E-state index in [0.717, 1.165) is 12.1 Å². The van der Waals surface area contributed by atoms with Crippen LogP contribution in [-0.2, 0) is 0 Å². The van der Waals surface area contributed by atoms with Crippen molar-refractivity contribution >= 4 is 23.5 Å². The van der Waals surface area contributed by atoms with Crippen molar-refractivity contribution in [2.45, 2.75) is 0 Å². The van der Waals surface area contributed by atoms with Gasteiger partial charge in [0, 0.05) is 5.02 Å². The van der Waals surface area contributed by atoms with E-state index in [1.807, 2.05) is 0 Å². The van der Waals surface area contributed by atoms with Crippen LogP contribution < -0.4 is 0 Å². The van der Waals surface area contributed by atoms with E-state index < -0.39 is 23.3 Å². The molecule has 0 aliphatic carbocycles. The predicted octanol–water partition coefficient (Wildman–Crippen LogP) is 3.54. The molecule has 2 rings (SSSR count). The van der Waals surface area contributed by atoms with Crippen molar-refractivity contribution < 1.29 is 24.2 Å². The lowest BCUT2D eigenvalue weighted by Gasteiger charge is -2.06. The summed E-state index contributed by atoms with van der Waals surface area (Å²) in [5, 5.41) is 17.9. The molecule has 0 aliphatic heterocycles. The molecule has 0 bridgehead atoms. The van der Waals surface area contributed by atoms with Crippen molar-refractivity contribution in [2.24, 2.45) is 0 Å². The largest absolute Gasteiger partial charge is 0.478 e. The first-order valence-electron chi connectivity index (χ1n) is 5.45. The minimum atomic E-state index is -1.37. The first kappa shape index (κ1) is 14.0. The van der Waals surface area contributed by atoms with Gasteiger partial charge < -0.3 is 10.2 Å². The fourth-order valence-electron chi connectivity index (χ4n) is 1.75. The monoisotopic (exact) mass is 294 g/mol. The summed E-state index contributed by atoms with van der Waals surface area (Å²) in [4.78, 5) is 21.7. The van der Waals surface area contributed by atoms with Crippen molar-refractivity contribution in [2.75, 3.05) is 0 Å². The Hall–Kier alpha value is -2.40. The lowest BCUT2D eigenvalue weighted by Crippen LogP contribution is -2.00. The van der Waals surface area contributed by atoms with E-state index in [-0.39, 0.29) is 10.6 Å². The third-order valence-electron chi connectivity index (χ3n) is 2.68. The van der Waals surface area contributed by atoms with Gasteiger partial charge in [-0.15, -0.1) is 0 Å². The maximum Gasteiger partial charge on any atom is 0.338 e. The predicted molar refractivity (Wildman–Crippen MR) is 70.8 cm³/mol. The lowest BCUT2D eigenvalue weighted by atomic mass is 10.0. The summed E-state index contributed by atoms with van der Waals surface area (Å²) >= 11 is 5.81. The number of hydrogen-bond acceptors (Lipinski definition) is 2. The van der Waals surface area contributed by atoms with Gasteiger partial charge in [0.25, 0.3) is 0 Å². The molecule has 0 heterocycles. The molecule has 0 spiro atoms. The van der Waals surface area contributed by atoms with Crippen molar-refractivity contribution in [3.8, 4) is 11.1 Å². The SMILES string of the molecule is O=C(O)c1cc(Cl)cc(-c2ccc(C(=O)O)c(F)c2)c1. The average molecular weight is 295 g/mol. The molecule has 0 saturated heterocycles. The van der Waals surface area contributed by atoms with Crippen LogP contribution in [0, 0.1) is 5.82 Å². The van der Waals surface area contributed by atoms with Gasteiger partial charge in [-0.1, -0.05) is 17.7 Å². The second-order valence-electron chi connectivity index (χ2n) is 4.03. The van der Waals surface area contributed by atoms with Gasteiger partial charge in [0.05, 0.1) is 11.1 Å². The molecule has 0 fully saturated rings. The van der Waals surface area contributed by atoms with Crippen LogP contribution >= 0.6 is 11.6 Å². The highest BCUT2D eigenvalue weighted by atomic mass is 35.5. The number of hydrogen-bond donors (Lipinski definition) is 2. The molecule has 6 heteroatoms. The summed E-state index contributed by atoms with van der Waals surface area (Å²) < 4.78 is 13.6. The maximum atomic E-state index is 13.6. The molecule has 20 heavy (non-hydrogen) atoms. The molecule has 0 aliphatic rings. The summed E-state index contributed by atoms with van der Waals surface area (Å²) in [5.74, 6) is -3.42. The van der Waals surface area contributed by atoms with Crippen molar-refractivity contribution in [1.29, 1.82) is 0 Å². The number of halogens is 2. The van der Waals surface area contributed by atoms with Crippen LogP contribution in [0.2, 0.25) is 5.02 Å². The molecule has 0 unspecified atom stereocenters. The number of aromatic carboxylic acids is 2. The van der Waals surface area contributed by atoms with E-state index in [0.29, 0.717) is 11.1 Å². The quantitative estimate of drug-likeness (QED) is 0.908. The van der Waals surface area contributed by atoms with Gasteiger partial charge in [0.2, 0.25) is 0 Å². The molecule has 2 aromatic carbocycles. The number of rotatable bonds is 3. The van der Waals surface area contributed by atoms with E-state index in [2.05, 4.69) is 0 Å². The smallest absolute Gasteiger partial charge is 0.338 e. The summed E-state index contributed by atoms with van der Waals surface area (Å²) in [6, 6.07) is 7.63. The fraction of sp³-hybridized carbons (Fsp3) is 0. The molecule has 0 amide bonds. The van der Waals surface area contributed by atoms with Gasteiger partial charge in [-0.2, -0.15) is 0 Å². The second-order valence-corrected chi connectivity index (χ2v) is 4.47. The van der Waals surface area contributed by atoms with Crippen molar-refractivity contribution in [3.05, 3.63) is 58.4 Å². The number of carbonyl (C=O) groups is 2. The molecule has 0 aromatic heterocycles. The van der Waals surface area contributed by atoms with Crippen LogP contribution in [0.5, 0.6) is 0 Å². The van der Waals surface area contributed by atoms with Crippen molar-refractivity contribution in [3.63, 3.8) is 0 Å². The van der Waals surface area contributed by atoms with Crippen LogP contribution in [0.3, 0.4) is 0 Å². The van der Waals surface area contributed by atoms with Gasteiger partial charge in [-0.25, -0.2) is 14.0 Å². The minimum absolute atomic E-state index is 0.0322. The van der Waals surface area contributed by atoms with Crippen LogP contribution in [-0.4, -0.2) is 22.2 Å². The summed E-state index contributed by atoms with van der Waals surface area (Å²) in [7, 11) is 0. The van der Waals surface area contributed by atoms with Gasteiger partial charge in [0.15, 0.2) is 0 Å². The molecule has 4 nitrogen and oxygen atoms in total. The zero-order valence-electron chi connectivity index (χ0n) is 9.93. The number of benzene rings is 2. The standard InChI is InChI=1S/C14H8ClFO4/c15-10-4-8(3-9(5-10)13(17)18)7-1-2-11(14(19)20)12(16)6-7/h1-6H,(H,17,18)(H,19,20). The molecule has 0 radical (unpaired) electrons. The van der Waals surface area contributed by atoms with E-state index in [9.17, 15) is 14.0 Å². The Morgan fingerprint density at radius 3 is 2.20 bits per heavy atom. The Balaban J connectivity index is 2.54. The Morgan fingerprint density at radius 1 is 0.950 bits per heavy atom. The Bertz CT molecular complexity index is 712. The zero-order chi connectivity index (χ0) is 14.9. The van der Waals surface area contributed by atoms with Crippen LogP contribution in [0.1, 0.15) is 20.7 Å². The van der Waals surface area contributed by atoms with Crippen LogP contribution in [0.15, 0.2) is 36.4 Å². The molecule has 102 valence electrons. The number of carboxylic acid groups (broad SMARTS) is 2. The second kappa shape index (κ2) is 5.30. The van der Waals surface area contributed by atoms with Gasteiger partial charge in [-0.3, -0.25) is 0 Å². The normalized spacial score (nSPS) is 10.3. The first-order chi connectivity index (χ1) is 9.38. The summed E-state index contributed by atoms with van der Waals surface area (Å²) in [6.07, 6.45) is 0. The number of carboxylic acids is 2. The first-order valence-corrected chi connectivity index (χ1v) is 5.83. The van der Waals surface area contributed by atoms with Crippen LogP contribution in [0.4, 0.5) is 4.39 Å². The average Bonchev–Trinajstić information content (AvgIpc) is 2.37. The molecular formula is C14H8ClFO4. The van der Waals surface area contributed by atoms with E-state index in [4.69, 9.17) is 21.8 Å². The van der Waals surface area contributed by atoms with E-state index >= 15 is 0 Å². The van der Waals surface area contributed by atoms with Gasteiger partial charge in [-0.05, 0) is 41.5 Å². The van der Waals surface area contributed by atoms with Crippen LogP contribution in [0.25, 0.3) is 11.1 Å². The molecular weight excluding hydrogens is 287 g/mol. The van der Waals surface area contributed by atoms with E-state index in [1.54, 1.807) is 0 Å². The van der Waals surface area contributed by atoms with Gasteiger partial charge >= 0.3 is 11.9 Å². The Labute approximate surface area is 118 Å².